The van der Waals surface area contributed by atoms with E-state index in [-0.39, 0.29) is 6.54 Å². The van der Waals surface area contributed by atoms with Crippen LogP contribution < -0.4 is 0 Å². The highest BCUT2D eigenvalue weighted by atomic mass is 19.2. The molecule has 0 aromatic rings. The lowest BCUT2D eigenvalue weighted by Gasteiger charge is -2.17. The molecule has 0 aromatic carbocycles. The number of hydrogen-bond donors (Lipinski definition) is 1. The zero-order chi connectivity index (χ0) is 10.6. The fraction of sp³-hybridized carbons (Fsp3) is 0.571. The summed E-state index contributed by atoms with van der Waals surface area (Å²) < 4.78 is 37.7. The number of likely N-dealkylation sites (N-methyl/N-ethyl adjacent to an activating group) is 1. The minimum atomic E-state index is -2.35. The van der Waals surface area contributed by atoms with Crippen LogP contribution in [0.2, 0.25) is 0 Å². The van der Waals surface area contributed by atoms with E-state index in [0.717, 1.165) is 4.90 Å². The van der Waals surface area contributed by atoms with Crippen LogP contribution in [0.5, 0.6) is 0 Å². The first-order chi connectivity index (χ1) is 5.91. The van der Waals surface area contributed by atoms with Gasteiger partial charge in [0.1, 0.15) is 0 Å². The molecule has 0 aliphatic rings. The Bertz CT molecular complexity index is 230. The van der Waals surface area contributed by atoms with Crippen LogP contribution in [0.3, 0.4) is 0 Å². The van der Waals surface area contributed by atoms with E-state index in [1.807, 2.05) is 0 Å². The second kappa shape index (κ2) is 4.86. The van der Waals surface area contributed by atoms with Crippen LogP contribution in [-0.4, -0.2) is 35.9 Å². The van der Waals surface area contributed by atoms with E-state index in [2.05, 4.69) is 0 Å². The molecule has 0 aliphatic heterocycles. The van der Waals surface area contributed by atoms with Crippen molar-refractivity contribution < 1.29 is 23.1 Å². The van der Waals surface area contributed by atoms with Gasteiger partial charge in [-0.1, -0.05) is 6.92 Å². The van der Waals surface area contributed by atoms with E-state index < -0.39 is 23.9 Å². The largest absolute Gasteiger partial charge is 0.476 e. The first-order valence-corrected chi connectivity index (χ1v) is 3.54. The number of halogens is 3. The van der Waals surface area contributed by atoms with Crippen molar-refractivity contribution >= 4 is 5.97 Å². The highest BCUT2D eigenvalue weighted by Gasteiger charge is 2.25. The fourth-order valence-corrected chi connectivity index (χ4v) is 0.561. The normalized spacial score (nSPS) is 15.5. The topological polar surface area (TPSA) is 40.5 Å². The lowest BCUT2D eigenvalue weighted by molar-refractivity contribution is -0.134. The van der Waals surface area contributed by atoms with Crippen molar-refractivity contribution in [2.45, 2.75) is 13.2 Å². The Hall–Kier alpha value is -1.04. The fourth-order valence-electron chi connectivity index (χ4n) is 0.561. The van der Waals surface area contributed by atoms with Crippen LogP contribution in [-0.2, 0) is 4.79 Å². The Morgan fingerprint density at radius 3 is 2.31 bits per heavy atom. The maximum atomic E-state index is 12.8. The van der Waals surface area contributed by atoms with E-state index >= 15 is 0 Å². The van der Waals surface area contributed by atoms with Crippen LogP contribution >= 0.6 is 0 Å². The van der Waals surface area contributed by atoms with Crippen molar-refractivity contribution in [1.29, 1.82) is 0 Å². The van der Waals surface area contributed by atoms with Gasteiger partial charge < -0.3 is 5.11 Å². The first kappa shape index (κ1) is 12.0. The highest BCUT2D eigenvalue weighted by molar-refractivity contribution is 5.84. The molecule has 1 N–H and O–H groups in total. The number of nitrogens with zero attached hydrogens (tertiary/aromatic N) is 1. The Labute approximate surface area is 73.5 Å². The van der Waals surface area contributed by atoms with Crippen molar-refractivity contribution in [2.75, 3.05) is 13.6 Å². The van der Waals surface area contributed by atoms with Gasteiger partial charge in [0.2, 0.25) is 12.1 Å². The molecule has 0 spiro atoms. The molecular weight excluding hydrogens is 187 g/mol. The summed E-state index contributed by atoms with van der Waals surface area (Å²) >= 11 is 0. The van der Waals surface area contributed by atoms with Crippen molar-refractivity contribution in [3.63, 3.8) is 0 Å². The summed E-state index contributed by atoms with van der Waals surface area (Å²) in [6, 6.07) is 0. The molecule has 1 unspecified atom stereocenters. The third-order valence-electron chi connectivity index (χ3n) is 1.49. The van der Waals surface area contributed by atoms with Gasteiger partial charge in [-0.05, 0) is 13.6 Å². The lowest BCUT2D eigenvalue weighted by atomic mass is 10.4. The highest BCUT2D eigenvalue weighted by Crippen LogP contribution is 2.17. The van der Waals surface area contributed by atoms with Crippen LogP contribution in [0.15, 0.2) is 11.7 Å². The number of rotatable bonds is 4. The Kier molecular flexibility index (Phi) is 4.47. The standard InChI is InChI=1S/C7H10F3NO2/c1-3-11(2)6(10)4(8)5(9)7(12)13/h6H,3H2,1-2H3,(H,12,13). The number of alkyl halides is 1. The molecule has 0 bridgehead atoms. The zero-order valence-corrected chi connectivity index (χ0v) is 7.22. The number of carboxylic acids is 1. The third kappa shape index (κ3) is 3.06. The molecule has 0 radical (unpaired) electrons. The van der Waals surface area contributed by atoms with Gasteiger partial charge >= 0.3 is 5.97 Å². The van der Waals surface area contributed by atoms with Crippen molar-refractivity contribution in [2.24, 2.45) is 0 Å². The maximum Gasteiger partial charge on any atom is 0.367 e. The predicted molar refractivity (Wildman–Crippen MR) is 40.1 cm³/mol. The molecule has 0 amide bonds. The van der Waals surface area contributed by atoms with E-state index in [9.17, 15) is 18.0 Å². The number of aliphatic carboxylic acids is 1. The average molecular weight is 197 g/mol. The molecule has 0 heterocycles. The summed E-state index contributed by atoms with van der Waals surface area (Å²) in [4.78, 5) is 10.7. The third-order valence-corrected chi connectivity index (χ3v) is 1.49. The summed E-state index contributed by atoms with van der Waals surface area (Å²) in [7, 11) is 1.21. The van der Waals surface area contributed by atoms with Crippen molar-refractivity contribution in [1.82, 2.24) is 4.90 Å². The van der Waals surface area contributed by atoms with E-state index in [4.69, 9.17) is 5.11 Å². The zero-order valence-electron chi connectivity index (χ0n) is 7.22. The molecule has 0 saturated heterocycles. The SMILES string of the molecule is CCN(C)C(F)C(F)=C(F)C(=O)O. The summed E-state index contributed by atoms with van der Waals surface area (Å²) in [6.45, 7) is 1.67. The number of carboxylic acid groups (broad SMARTS) is 1. The molecule has 76 valence electrons. The van der Waals surface area contributed by atoms with Gasteiger partial charge in [-0.25, -0.2) is 13.6 Å². The summed E-state index contributed by atoms with van der Waals surface area (Å²) in [5.74, 6) is -6.10. The predicted octanol–water partition coefficient (Wildman–Crippen LogP) is 1.47. The summed E-state index contributed by atoms with van der Waals surface area (Å²) in [6.07, 6.45) is -2.35. The molecule has 3 nitrogen and oxygen atoms in total. The molecule has 0 rings (SSSR count). The van der Waals surface area contributed by atoms with Gasteiger partial charge in [0.15, 0.2) is 5.83 Å². The van der Waals surface area contributed by atoms with Crippen molar-refractivity contribution in [3.05, 3.63) is 11.7 Å². The molecule has 0 aromatic heterocycles. The Balaban J connectivity index is 4.66. The van der Waals surface area contributed by atoms with Crippen LogP contribution in [0.25, 0.3) is 0 Å². The van der Waals surface area contributed by atoms with Crippen LogP contribution in [0.4, 0.5) is 13.2 Å². The van der Waals surface area contributed by atoms with Gasteiger partial charge in [0.05, 0.1) is 0 Å². The van der Waals surface area contributed by atoms with Gasteiger partial charge in [0.25, 0.3) is 0 Å². The number of hydrogen-bond acceptors (Lipinski definition) is 2. The summed E-state index contributed by atoms with van der Waals surface area (Å²) in [5, 5.41) is 8.00. The maximum absolute atomic E-state index is 12.8. The van der Waals surface area contributed by atoms with Gasteiger partial charge in [0, 0.05) is 0 Å². The molecule has 0 aliphatic carbocycles. The minimum absolute atomic E-state index is 0.140. The van der Waals surface area contributed by atoms with Crippen LogP contribution in [0.1, 0.15) is 6.92 Å². The molecule has 6 heteroatoms. The monoisotopic (exact) mass is 197 g/mol. The lowest BCUT2D eigenvalue weighted by Crippen LogP contribution is -2.29. The first-order valence-electron chi connectivity index (χ1n) is 3.54. The Morgan fingerprint density at radius 2 is 2.00 bits per heavy atom. The average Bonchev–Trinajstić information content (AvgIpc) is 2.12. The molecule has 0 saturated carbocycles. The molecule has 1 atom stereocenters. The molecule has 13 heavy (non-hydrogen) atoms. The van der Waals surface area contributed by atoms with Gasteiger partial charge in [-0.3, -0.25) is 4.90 Å². The van der Waals surface area contributed by atoms with Crippen LogP contribution in [0, 0.1) is 0 Å². The molecular formula is C7H10F3NO2. The van der Waals surface area contributed by atoms with Gasteiger partial charge in [-0.15, -0.1) is 0 Å². The summed E-state index contributed by atoms with van der Waals surface area (Å²) in [5.41, 5.74) is 0. The molecule has 0 fully saturated rings. The Morgan fingerprint density at radius 1 is 1.54 bits per heavy atom. The van der Waals surface area contributed by atoms with E-state index in [1.165, 1.54) is 14.0 Å². The van der Waals surface area contributed by atoms with E-state index in [1.54, 1.807) is 0 Å². The smallest absolute Gasteiger partial charge is 0.367 e. The second-order valence-corrected chi connectivity index (χ2v) is 2.38. The second-order valence-electron chi connectivity index (χ2n) is 2.38. The van der Waals surface area contributed by atoms with Crippen molar-refractivity contribution in [3.8, 4) is 0 Å². The van der Waals surface area contributed by atoms with E-state index in [0.29, 0.717) is 0 Å². The number of carbonyl (C=O) groups is 1. The quantitative estimate of drug-likeness (QED) is 0.548. The van der Waals surface area contributed by atoms with Gasteiger partial charge in [-0.2, -0.15) is 4.39 Å². The minimum Gasteiger partial charge on any atom is -0.476 e.